The molecule has 16 heteroatoms. The Kier molecular flexibility index (Phi) is 10.6. The van der Waals surface area contributed by atoms with Crippen molar-refractivity contribution in [2.75, 3.05) is 44.8 Å². The summed E-state index contributed by atoms with van der Waals surface area (Å²) in [5.41, 5.74) is 1.51. The third-order valence-electron chi connectivity index (χ3n) is 8.45. The Labute approximate surface area is 284 Å². The average Bonchev–Trinajstić information content (AvgIpc) is 3.73. The number of aromatic nitrogens is 2. The van der Waals surface area contributed by atoms with Gasteiger partial charge in [-0.05, 0) is 66.9 Å². The summed E-state index contributed by atoms with van der Waals surface area (Å²) in [7, 11) is -5.06. The smallest absolute Gasteiger partial charge is 0.270 e. The van der Waals surface area contributed by atoms with Crippen molar-refractivity contribution < 1.29 is 41.4 Å². The summed E-state index contributed by atoms with van der Waals surface area (Å²) in [4.78, 5) is 4.85. The van der Waals surface area contributed by atoms with Gasteiger partial charge in [0.2, 0.25) is 6.79 Å². The van der Waals surface area contributed by atoms with E-state index in [-0.39, 0.29) is 45.7 Å². The zero-order chi connectivity index (χ0) is 34.1. The highest BCUT2D eigenvalue weighted by Gasteiger charge is 2.39. The van der Waals surface area contributed by atoms with Gasteiger partial charge in [0.15, 0.2) is 19.8 Å². The van der Waals surface area contributed by atoms with E-state index in [0.717, 1.165) is 21.2 Å². The molecule has 1 aromatic carbocycles. The molecule has 1 unspecified atom stereocenters. The highest BCUT2D eigenvalue weighted by molar-refractivity contribution is 7.93. The lowest BCUT2D eigenvalue weighted by molar-refractivity contribution is 0.0744. The average molecular weight is 726 g/mol. The van der Waals surface area contributed by atoms with Crippen LogP contribution in [0.2, 0.25) is 23.2 Å². The van der Waals surface area contributed by atoms with E-state index in [4.69, 9.17) is 39.5 Å². The highest BCUT2D eigenvalue weighted by atomic mass is 35.5. The number of fused-ring (bicyclic) bond motifs is 2. The van der Waals surface area contributed by atoms with Gasteiger partial charge in [-0.2, -0.15) is 0 Å². The topological polar surface area (TPSA) is 143 Å². The first-order valence-corrected chi connectivity index (χ1v) is 20.5. The first kappa shape index (κ1) is 35.5. The predicted octanol–water partition coefficient (Wildman–Crippen LogP) is 6.44. The van der Waals surface area contributed by atoms with Crippen molar-refractivity contribution in [3.63, 3.8) is 0 Å². The van der Waals surface area contributed by atoms with Gasteiger partial charge in [-0.1, -0.05) is 37.5 Å². The molecule has 1 atom stereocenters. The molecule has 0 saturated carbocycles. The van der Waals surface area contributed by atoms with Crippen LogP contribution >= 0.6 is 22.9 Å². The monoisotopic (exact) mass is 725 g/mol. The van der Waals surface area contributed by atoms with Gasteiger partial charge < -0.3 is 33.0 Å². The van der Waals surface area contributed by atoms with Gasteiger partial charge in [0.1, 0.15) is 33.3 Å². The lowest BCUT2D eigenvalue weighted by Gasteiger charge is -2.36. The fourth-order valence-corrected chi connectivity index (χ4v) is 9.16. The third-order valence-corrected chi connectivity index (χ3v) is 16.5. The van der Waals surface area contributed by atoms with E-state index in [9.17, 15) is 13.5 Å². The van der Waals surface area contributed by atoms with Gasteiger partial charge in [-0.25, -0.2) is 17.7 Å². The van der Waals surface area contributed by atoms with Crippen LogP contribution in [0.4, 0.5) is 5.88 Å². The number of aliphatic hydroxyl groups excluding tert-OH is 1. The number of aryl methyl sites for hydroxylation is 1. The van der Waals surface area contributed by atoms with E-state index in [0.29, 0.717) is 46.0 Å². The van der Waals surface area contributed by atoms with Gasteiger partial charge in [-0.3, -0.25) is 0 Å². The molecule has 4 aromatic rings. The number of pyridine rings is 1. The number of nitrogens with zero attached hydrogens (tertiary/aromatic N) is 3. The molecule has 0 bridgehead atoms. The molecule has 1 aliphatic rings. The summed E-state index contributed by atoms with van der Waals surface area (Å²) in [5.74, 6) is 0.787. The van der Waals surface area contributed by atoms with Crippen molar-refractivity contribution in [1.82, 2.24) is 10.1 Å². The van der Waals surface area contributed by atoms with Crippen LogP contribution in [0.15, 0.2) is 39.9 Å². The van der Waals surface area contributed by atoms with Crippen LogP contribution in [-0.2, 0) is 30.3 Å². The number of ether oxygens (including phenoxy) is 4. The van der Waals surface area contributed by atoms with E-state index in [2.05, 4.69) is 44.0 Å². The number of hydrogen-bond acceptors (Lipinski definition) is 12. The van der Waals surface area contributed by atoms with E-state index in [1.807, 2.05) is 6.07 Å². The molecule has 0 spiro atoms. The molecular weight excluding hydrogens is 686 g/mol. The maximum atomic E-state index is 14.7. The Morgan fingerprint density at radius 3 is 2.55 bits per heavy atom. The fourth-order valence-electron chi connectivity index (χ4n) is 4.76. The SMILES string of the molecule is COCCOCN(c1onc(C)c1Cl)S(=O)(=O)c1c(C(O)c2cc3c(cc2CCO[Si](C)(C)C(C)(C)C)OCO3)sc2ncccc12. The van der Waals surface area contributed by atoms with Gasteiger partial charge in [0, 0.05) is 25.3 Å². The zero-order valence-electron chi connectivity index (χ0n) is 27.5. The van der Waals surface area contributed by atoms with E-state index in [1.54, 1.807) is 31.3 Å². The van der Waals surface area contributed by atoms with Gasteiger partial charge in [0.25, 0.3) is 15.9 Å². The summed E-state index contributed by atoms with van der Waals surface area (Å²) in [6.07, 6.45) is 0.630. The number of sulfonamides is 1. The largest absolute Gasteiger partial charge is 0.454 e. The highest BCUT2D eigenvalue weighted by Crippen LogP contribution is 2.46. The number of aliphatic hydroxyl groups is 1. The molecule has 0 radical (unpaired) electrons. The molecule has 0 fully saturated rings. The van der Waals surface area contributed by atoms with E-state index in [1.165, 1.54) is 7.11 Å². The first-order valence-electron chi connectivity index (χ1n) is 15.0. The van der Waals surface area contributed by atoms with Crippen molar-refractivity contribution in [1.29, 1.82) is 0 Å². The van der Waals surface area contributed by atoms with Crippen molar-refractivity contribution >= 4 is 57.4 Å². The molecule has 47 heavy (non-hydrogen) atoms. The second kappa shape index (κ2) is 14.0. The minimum absolute atomic E-state index is 0.0155. The minimum Gasteiger partial charge on any atom is -0.454 e. The third kappa shape index (κ3) is 7.17. The standard InChI is InChI=1S/C31H40ClN3O9S2Si/c1-19-25(32)30(44-34-19)35(17-40-14-13-39-5)46(37,38)28-21-9-8-11-33-29(21)45-27(28)26(36)22-16-24-23(41-18-42-24)15-20(22)10-12-43-47(6,7)31(2,3)4/h8-9,11,15-16,26,36H,10,12-14,17-18H2,1-7H3. The Morgan fingerprint density at radius 2 is 1.89 bits per heavy atom. The molecule has 4 heterocycles. The van der Waals surface area contributed by atoms with Crippen molar-refractivity contribution in [2.45, 2.75) is 63.2 Å². The van der Waals surface area contributed by atoms with Crippen molar-refractivity contribution in [2.24, 2.45) is 0 Å². The molecular formula is C31H40ClN3O9S2Si. The maximum Gasteiger partial charge on any atom is 0.270 e. The molecule has 1 aliphatic heterocycles. The number of methoxy groups -OCH3 is 1. The van der Waals surface area contributed by atoms with Gasteiger partial charge in [0.05, 0.1) is 18.1 Å². The summed E-state index contributed by atoms with van der Waals surface area (Å²) < 4.78 is 64.2. The Morgan fingerprint density at radius 1 is 1.17 bits per heavy atom. The maximum absolute atomic E-state index is 14.7. The van der Waals surface area contributed by atoms with Crippen molar-refractivity contribution in [3.8, 4) is 11.5 Å². The summed E-state index contributed by atoms with van der Waals surface area (Å²) in [5, 5.41) is 16.4. The van der Waals surface area contributed by atoms with Crippen LogP contribution in [0, 0.1) is 6.92 Å². The molecule has 1 N–H and O–H groups in total. The lowest BCUT2D eigenvalue weighted by atomic mass is 9.98. The molecule has 0 amide bonds. The summed E-state index contributed by atoms with van der Waals surface area (Å²) >= 11 is 7.55. The van der Waals surface area contributed by atoms with Crippen LogP contribution in [0.25, 0.3) is 10.2 Å². The number of halogens is 1. The van der Waals surface area contributed by atoms with Crippen LogP contribution in [0.1, 0.15) is 48.6 Å². The van der Waals surface area contributed by atoms with E-state index < -0.39 is 31.2 Å². The lowest BCUT2D eigenvalue weighted by Crippen LogP contribution is -2.41. The number of hydrogen-bond donors (Lipinski definition) is 1. The molecule has 256 valence electrons. The molecule has 3 aromatic heterocycles. The first-order chi connectivity index (χ1) is 22.2. The normalized spacial score (nSPS) is 14.2. The summed E-state index contributed by atoms with van der Waals surface area (Å²) in [6, 6.07) is 6.81. The van der Waals surface area contributed by atoms with Crippen LogP contribution in [0.5, 0.6) is 11.5 Å². The molecule has 0 aliphatic carbocycles. The minimum atomic E-state index is -4.51. The van der Waals surface area contributed by atoms with Crippen LogP contribution < -0.4 is 13.8 Å². The summed E-state index contributed by atoms with van der Waals surface area (Å²) in [6.45, 7) is 12.8. The van der Waals surface area contributed by atoms with Crippen LogP contribution in [-0.4, -0.2) is 72.4 Å². The zero-order valence-corrected chi connectivity index (χ0v) is 30.8. The van der Waals surface area contributed by atoms with Gasteiger partial charge >= 0.3 is 0 Å². The number of thiophene rings is 1. The second-order valence-corrected chi connectivity index (χ2v) is 20.6. The Balaban J connectivity index is 1.61. The van der Waals surface area contributed by atoms with Crippen molar-refractivity contribution in [3.05, 3.63) is 57.2 Å². The van der Waals surface area contributed by atoms with Crippen LogP contribution in [0.3, 0.4) is 0 Å². The number of anilines is 1. The number of benzene rings is 1. The quantitative estimate of drug-likeness (QED) is 0.0872. The second-order valence-electron chi connectivity index (χ2n) is 12.6. The Hall–Kier alpha value is -2.76. The van der Waals surface area contributed by atoms with E-state index >= 15 is 0 Å². The predicted molar refractivity (Wildman–Crippen MR) is 182 cm³/mol. The molecule has 12 nitrogen and oxygen atoms in total. The van der Waals surface area contributed by atoms with Gasteiger partial charge in [-0.15, -0.1) is 11.3 Å². The Bertz CT molecular complexity index is 1840. The molecule has 5 rings (SSSR count). The molecule has 0 saturated heterocycles. The fraction of sp³-hybridized carbons (Fsp3) is 0.484. The number of rotatable bonds is 14.